The van der Waals surface area contributed by atoms with Crippen LogP contribution in [0.1, 0.15) is 37.8 Å². The van der Waals surface area contributed by atoms with Crippen LogP contribution in [-0.4, -0.2) is 22.6 Å². The third-order valence-electron chi connectivity index (χ3n) is 3.51. The maximum Gasteiger partial charge on any atom is 0.153 e. The second-order valence-electron chi connectivity index (χ2n) is 4.70. The van der Waals surface area contributed by atoms with Crippen LogP contribution in [0.3, 0.4) is 0 Å². The van der Waals surface area contributed by atoms with E-state index in [0.29, 0.717) is 6.04 Å². The highest BCUT2D eigenvalue weighted by molar-refractivity contribution is 5.68. The minimum atomic E-state index is 0.614. The van der Waals surface area contributed by atoms with Gasteiger partial charge in [0.2, 0.25) is 0 Å². The molecule has 1 aliphatic heterocycles. The average Bonchev–Trinajstić information content (AvgIpc) is 2.82. The molecule has 3 rings (SSSR count). The van der Waals surface area contributed by atoms with Gasteiger partial charge < -0.3 is 10.6 Å². The lowest BCUT2D eigenvalue weighted by atomic mass is 10.1. The van der Waals surface area contributed by atoms with Crippen LogP contribution in [0.25, 0.3) is 0 Å². The summed E-state index contributed by atoms with van der Waals surface area (Å²) in [4.78, 5) is 8.71. The summed E-state index contributed by atoms with van der Waals surface area (Å²) in [6, 6.07) is 0.614. The normalized spacial score (nSPS) is 20.2. The predicted molar refractivity (Wildman–Crippen MR) is 64.7 cm³/mol. The van der Waals surface area contributed by atoms with Crippen LogP contribution < -0.4 is 10.6 Å². The first-order chi connectivity index (χ1) is 7.93. The number of nitrogens with zero attached hydrogens (tertiary/aromatic N) is 2. The van der Waals surface area contributed by atoms with Gasteiger partial charge in [-0.2, -0.15) is 0 Å². The van der Waals surface area contributed by atoms with Crippen molar-refractivity contribution in [2.45, 2.75) is 44.6 Å². The molecule has 0 radical (unpaired) electrons. The number of anilines is 2. The van der Waals surface area contributed by atoms with Gasteiger partial charge in [-0.25, -0.2) is 9.97 Å². The lowest BCUT2D eigenvalue weighted by Gasteiger charge is -2.21. The molecule has 0 atom stereocenters. The highest BCUT2D eigenvalue weighted by Crippen LogP contribution is 2.29. The molecule has 0 unspecified atom stereocenters. The van der Waals surface area contributed by atoms with E-state index >= 15 is 0 Å². The van der Waals surface area contributed by atoms with E-state index in [1.807, 2.05) is 0 Å². The summed E-state index contributed by atoms with van der Waals surface area (Å²) in [6.45, 7) is 1.04. The largest absolute Gasteiger partial charge is 0.381 e. The van der Waals surface area contributed by atoms with Crippen molar-refractivity contribution in [3.05, 3.63) is 12.0 Å². The van der Waals surface area contributed by atoms with E-state index in [-0.39, 0.29) is 0 Å². The maximum atomic E-state index is 4.37. The van der Waals surface area contributed by atoms with Crippen molar-refractivity contribution in [3.63, 3.8) is 0 Å². The van der Waals surface area contributed by atoms with Crippen molar-refractivity contribution in [3.8, 4) is 0 Å². The summed E-state index contributed by atoms with van der Waals surface area (Å²) in [5, 5.41) is 6.97. The SMILES string of the molecule is c1nc2c(c(NC3CCCC3)n1)NCCC2. The molecule has 1 aromatic rings. The number of hydrogen-bond donors (Lipinski definition) is 2. The molecule has 4 nitrogen and oxygen atoms in total. The Balaban J connectivity index is 1.82. The van der Waals surface area contributed by atoms with Crippen LogP contribution in [0.15, 0.2) is 6.33 Å². The van der Waals surface area contributed by atoms with Gasteiger partial charge in [0, 0.05) is 12.6 Å². The molecular formula is C12H18N4. The van der Waals surface area contributed by atoms with Crippen molar-refractivity contribution in [2.75, 3.05) is 17.2 Å². The summed E-state index contributed by atoms with van der Waals surface area (Å²) in [5.41, 5.74) is 2.31. The Kier molecular flexibility index (Phi) is 2.64. The molecule has 1 saturated carbocycles. The number of aromatic nitrogens is 2. The Morgan fingerprint density at radius 3 is 2.94 bits per heavy atom. The molecule has 1 fully saturated rings. The van der Waals surface area contributed by atoms with Gasteiger partial charge in [-0.05, 0) is 25.7 Å². The first-order valence-electron chi connectivity index (χ1n) is 6.28. The molecule has 16 heavy (non-hydrogen) atoms. The molecule has 0 spiro atoms. The van der Waals surface area contributed by atoms with E-state index in [2.05, 4.69) is 20.6 Å². The Morgan fingerprint density at radius 1 is 1.19 bits per heavy atom. The fourth-order valence-electron chi connectivity index (χ4n) is 2.64. The van der Waals surface area contributed by atoms with Gasteiger partial charge in [-0.1, -0.05) is 12.8 Å². The quantitative estimate of drug-likeness (QED) is 0.799. The fraction of sp³-hybridized carbons (Fsp3) is 0.667. The van der Waals surface area contributed by atoms with Gasteiger partial charge >= 0.3 is 0 Å². The molecule has 0 bridgehead atoms. The zero-order chi connectivity index (χ0) is 10.8. The maximum absolute atomic E-state index is 4.37. The molecule has 0 aromatic carbocycles. The van der Waals surface area contributed by atoms with E-state index in [4.69, 9.17) is 0 Å². The minimum Gasteiger partial charge on any atom is -0.381 e. The predicted octanol–water partition coefficient (Wildman–Crippen LogP) is 2.19. The molecule has 0 saturated heterocycles. The van der Waals surface area contributed by atoms with Crippen LogP contribution in [0.5, 0.6) is 0 Å². The summed E-state index contributed by atoms with van der Waals surface area (Å²) >= 11 is 0. The van der Waals surface area contributed by atoms with E-state index < -0.39 is 0 Å². The van der Waals surface area contributed by atoms with Gasteiger partial charge in [0.05, 0.1) is 11.4 Å². The van der Waals surface area contributed by atoms with Gasteiger partial charge in [0.25, 0.3) is 0 Å². The molecular weight excluding hydrogens is 200 g/mol. The molecule has 2 aliphatic rings. The van der Waals surface area contributed by atoms with E-state index in [0.717, 1.165) is 24.5 Å². The van der Waals surface area contributed by atoms with Gasteiger partial charge in [-0.15, -0.1) is 0 Å². The molecule has 86 valence electrons. The van der Waals surface area contributed by atoms with Crippen molar-refractivity contribution in [1.29, 1.82) is 0 Å². The third kappa shape index (κ3) is 1.84. The third-order valence-corrected chi connectivity index (χ3v) is 3.51. The Morgan fingerprint density at radius 2 is 2.06 bits per heavy atom. The fourth-order valence-corrected chi connectivity index (χ4v) is 2.64. The van der Waals surface area contributed by atoms with E-state index in [1.54, 1.807) is 6.33 Å². The second kappa shape index (κ2) is 4.28. The highest BCUT2D eigenvalue weighted by atomic mass is 15.1. The van der Waals surface area contributed by atoms with Crippen LogP contribution in [0, 0.1) is 0 Å². The van der Waals surface area contributed by atoms with Crippen molar-refractivity contribution >= 4 is 11.5 Å². The van der Waals surface area contributed by atoms with Crippen LogP contribution in [0.2, 0.25) is 0 Å². The van der Waals surface area contributed by atoms with Gasteiger partial charge in [0.15, 0.2) is 5.82 Å². The van der Waals surface area contributed by atoms with E-state index in [9.17, 15) is 0 Å². The minimum absolute atomic E-state index is 0.614. The van der Waals surface area contributed by atoms with Gasteiger partial charge in [-0.3, -0.25) is 0 Å². The number of hydrogen-bond acceptors (Lipinski definition) is 4. The Bertz CT molecular complexity index is 371. The smallest absolute Gasteiger partial charge is 0.153 e. The average molecular weight is 218 g/mol. The summed E-state index contributed by atoms with van der Waals surface area (Å²) < 4.78 is 0. The zero-order valence-corrected chi connectivity index (χ0v) is 9.50. The molecule has 1 aromatic heterocycles. The molecule has 2 heterocycles. The standard InChI is InChI=1S/C12H18N4/c1-2-5-9(4-1)16-12-11-10(14-8-15-12)6-3-7-13-11/h8-9,13H,1-7H2,(H,14,15,16). The first kappa shape index (κ1) is 9.87. The van der Waals surface area contributed by atoms with E-state index in [1.165, 1.54) is 37.8 Å². The number of nitrogens with one attached hydrogen (secondary N) is 2. The monoisotopic (exact) mass is 218 g/mol. The second-order valence-corrected chi connectivity index (χ2v) is 4.70. The van der Waals surface area contributed by atoms with Crippen molar-refractivity contribution < 1.29 is 0 Å². The molecule has 1 aliphatic carbocycles. The number of aryl methyl sites for hydroxylation is 1. The Hall–Kier alpha value is -1.32. The summed E-state index contributed by atoms with van der Waals surface area (Å²) in [5.74, 6) is 1.01. The topological polar surface area (TPSA) is 49.8 Å². The first-order valence-corrected chi connectivity index (χ1v) is 6.28. The van der Waals surface area contributed by atoms with Gasteiger partial charge in [0.1, 0.15) is 6.33 Å². The lowest BCUT2D eigenvalue weighted by Crippen LogP contribution is -2.21. The molecule has 0 amide bonds. The van der Waals surface area contributed by atoms with Crippen LogP contribution in [-0.2, 0) is 6.42 Å². The molecule has 4 heteroatoms. The zero-order valence-electron chi connectivity index (χ0n) is 9.50. The number of rotatable bonds is 2. The van der Waals surface area contributed by atoms with Crippen LogP contribution in [0.4, 0.5) is 11.5 Å². The summed E-state index contributed by atoms with van der Waals surface area (Å²) in [6.07, 6.45) is 9.18. The molecule has 2 N–H and O–H groups in total. The van der Waals surface area contributed by atoms with Crippen molar-refractivity contribution in [2.24, 2.45) is 0 Å². The lowest BCUT2D eigenvalue weighted by molar-refractivity contribution is 0.742. The summed E-state index contributed by atoms with van der Waals surface area (Å²) in [7, 11) is 0. The van der Waals surface area contributed by atoms with Crippen molar-refractivity contribution in [1.82, 2.24) is 9.97 Å². The number of fused-ring (bicyclic) bond motifs is 1. The highest BCUT2D eigenvalue weighted by Gasteiger charge is 2.19. The Labute approximate surface area is 95.9 Å². The van der Waals surface area contributed by atoms with Crippen LogP contribution >= 0.6 is 0 Å².